The number of rotatable bonds is 6. The number of nitrogens with two attached hydrogens (primary N) is 2. The Balaban J connectivity index is 1.62. The second-order valence-corrected chi connectivity index (χ2v) is 9.41. The lowest BCUT2D eigenvalue weighted by atomic mass is 10.0. The quantitative estimate of drug-likeness (QED) is 0.216. The molecule has 0 fully saturated rings. The molecule has 176 valence electrons. The summed E-state index contributed by atoms with van der Waals surface area (Å²) in [5.74, 6) is 4.92. The van der Waals surface area contributed by atoms with Crippen LogP contribution in [0.4, 0.5) is 5.69 Å². The summed E-state index contributed by atoms with van der Waals surface area (Å²) in [5.41, 5.74) is 5.06. The van der Waals surface area contributed by atoms with Crippen LogP contribution in [0.3, 0.4) is 0 Å². The molecule has 0 saturated carbocycles. The molecule has 1 heterocycles. The summed E-state index contributed by atoms with van der Waals surface area (Å²) < 4.78 is 24.0. The van der Waals surface area contributed by atoms with Crippen LogP contribution in [0.5, 0.6) is 0 Å². The maximum Gasteiger partial charge on any atom is 0.257 e. The molecular weight excluding hydrogens is 462 g/mol. The molecule has 0 radical (unpaired) electrons. The fourth-order valence-electron chi connectivity index (χ4n) is 3.72. The fourth-order valence-corrected chi connectivity index (χ4v) is 4.46. The third-order valence-corrected chi connectivity index (χ3v) is 6.30. The Labute approximate surface area is 203 Å². The SMILES string of the molecule is Cc1ccc(S(N)(=O)=O)c(-c2ccc(NC(=O)c3cccnc3-c3cccc(C=NN)c3)cc2)c1. The van der Waals surface area contributed by atoms with Gasteiger partial charge >= 0.3 is 0 Å². The molecule has 0 atom stereocenters. The average molecular weight is 486 g/mol. The van der Waals surface area contributed by atoms with E-state index in [0.717, 1.165) is 16.7 Å². The van der Waals surface area contributed by atoms with Crippen molar-refractivity contribution in [2.24, 2.45) is 16.1 Å². The van der Waals surface area contributed by atoms with E-state index in [1.54, 1.807) is 54.7 Å². The fraction of sp³-hybridized carbons (Fsp3) is 0.0385. The molecule has 0 unspecified atom stereocenters. The topological polar surface area (TPSA) is 141 Å². The van der Waals surface area contributed by atoms with Gasteiger partial charge in [-0.2, -0.15) is 5.10 Å². The summed E-state index contributed by atoms with van der Waals surface area (Å²) in [7, 11) is -3.89. The van der Waals surface area contributed by atoms with Gasteiger partial charge in [0, 0.05) is 23.0 Å². The number of anilines is 1. The van der Waals surface area contributed by atoms with Crippen LogP contribution in [0.15, 0.2) is 95.1 Å². The van der Waals surface area contributed by atoms with Crippen molar-refractivity contribution in [2.45, 2.75) is 11.8 Å². The average Bonchev–Trinajstić information content (AvgIpc) is 2.84. The Kier molecular flexibility index (Phi) is 6.72. The summed E-state index contributed by atoms with van der Waals surface area (Å²) in [6, 6.07) is 22.6. The number of carbonyl (C=O) groups excluding carboxylic acids is 1. The maximum absolute atomic E-state index is 13.1. The van der Waals surface area contributed by atoms with Gasteiger partial charge in [-0.1, -0.05) is 48.0 Å². The molecule has 0 saturated heterocycles. The van der Waals surface area contributed by atoms with Crippen molar-refractivity contribution in [3.63, 3.8) is 0 Å². The summed E-state index contributed by atoms with van der Waals surface area (Å²) in [6.07, 6.45) is 3.14. The van der Waals surface area contributed by atoms with Crippen molar-refractivity contribution in [3.8, 4) is 22.4 Å². The molecule has 5 N–H and O–H groups in total. The second kappa shape index (κ2) is 9.88. The number of benzene rings is 3. The molecule has 8 nitrogen and oxygen atoms in total. The first kappa shape index (κ1) is 23.8. The van der Waals surface area contributed by atoms with Gasteiger partial charge in [0.25, 0.3) is 5.91 Å². The lowest BCUT2D eigenvalue weighted by Gasteiger charge is -2.12. The minimum atomic E-state index is -3.89. The van der Waals surface area contributed by atoms with Crippen LogP contribution < -0.4 is 16.3 Å². The lowest BCUT2D eigenvalue weighted by molar-refractivity contribution is 0.102. The van der Waals surface area contributed by atoms with E-state index >= 15 is 0 Å². The summed E-state index contributed by atoms with van der Waals surface area (Å²) in [4.78, 5) is 17.6. The van der Waals surface area contributed by atoms with E-state index in [1.807, 2.05) is 31.2 Å². The van der Waals surface area contributed by atoms with Gasteiger partial charge < -0.3 is 11.2 Å². The Morgan fingerprint density at radius 2 is 1.74 bits per heavy atom. The van der Waals surface area contributed by atoms with Crippen LogP contribution in [-0.4, -0.2) is 25.5 Å². The highest BCUT2D eigenvalue weighted by Crippen LogP contribution is 2.29. The summed E-state index contributed by atoms with van der Waals surface area (Å²) in [5, 5.41) is 11.8. The largest absolute Gasteiger partial charge is 0.323 e. The van der Waals surface area contributed by atoms with E-state index < -0.39 is 10.0 Å². The number of hydrogen-bond acceptors (Lipinski definition) is 6. The van der Waals surface area contributed by atoms with Crippen LogP contribution >= 0.6 is 0 Å². The Morgan fingerprint density at radius 1 is 0.971 bits per heavy atom. The van der Waals surface area contributed by atoms with E-state index in [1.165, 1.54) is 12.3 Å². The van der Waals surface area contributed by atoms with Gasteiger partial charge in [0.15, 0.2) is 0 Å². The van der Waals surface area contributed by atoms with Gasteiger partial charge in [0.05, 0.1) is 22.4 Å². The highest BCUT2D eigenvalue weighted by molar-refractivity contribution is 7.89. The predicted octanol–water partition coefficient (Wildman–Crippen LogP) is 3.92. The highest BCUT2D eigenvalue weighted by Gasteiger charge is 2.17. The lowest BCUT2D eigenvalue weighted by Crippen LogP contribution is -2.14. The molecular formula is C26H23N5O3S. The maximum atomic E-state index is 13.1. The van der Waals surface area contributed by atoms with Crippen molar-refractivity contribution in [1.29, 1.82) is 0 Å². The molecule has 3 aromatic carbocycles. The molecule has 0 aliphatic heterocycles. The third-order valence-electron chi connectivity index (χ3n) is 5.33. The Hall–Kier alpha value is -4.34. The number of aromatic nitrogens is 1. The van der Waals surface area contributed by atoms with Gasteiger partial charge in [-0.3, -0.25) is 9.78 Å². The summed E-state index contributed by atoms with van der Waals surface area (Å²) >= 11 is 0. The van der Waals surface area contributed by atoms with Gasteiger partial charge in [-0.15, -0.1) is 0 Å². The van der Waals surface area contributed by atoms with Gasteiger partial charge in [0.1, 0.15) is 0 Å². The van der Waals surface area contributed by atoms with Gasteiger partial charge in [0.2, 0.25) is 10.0 Å². The highest BCUT2D eigenvalue weighted by atomic mass is 32.2. The van der Waals surface area contributed by atoms with Crippen molar-refractivity contribution in [2.75, 3.05) is 5.32 Å². The first-order valence-electron chi connectivity index (χ1n) is 10.6. The van der Waals surface area contributed by atoms with Crippen LogP contribution in [-0.2, 0) is 10.0 Å². The van der Waals surface area contributed by atoms with E-state index in [-0.39, 0.29) is 10.8 Å². The number of aryl methyl sites for hydroxylation is 1. The Morgan fingerprint density at radius 3 is 2.46 bits per heavy atom. The standard InChI is InChI=1S/C26H23N5O3S/c1-17-7-12-24(35(28,33)34)23(14-17)19-8-10-21(11-9-19)31-26(32)22-6-3-13-29-25(22)20-5-2-4-18(15-20)16-30-27/h2-16H,27H2,1H3,(H,31,32)(H2,28,33,34). The Bertz CT molecular complexity index is 1530. The number of hydrazone groups is 1. The number of amides is 1. The summed E-state index contributed by atoms with van der Waals surface area (Å²) in [6.45, 7) is 1.87. The van der Waals surface area contributed by atoms with Crippen molar-refractivity contribution >= 4 is 27.8 Å². The third kappa shape index (κ3) is 5.43. The predicted molar refractivity (Wildman–Crippen MR) is 137 cm³/mol. The zero-order valence-electron chi connectivity index (χ0n) is 18.8. The van der Waals surface area contributed by atoms with Crippen molar-refractivity contribution in [3.05, 3.63) is 102 Å². The number of nitrogens with zero attached hydrogens (tertiary/aromatic N) is 2. The molecule has 35 heavy (non-hydrogen) atoms. The number of carbonyl (C=O) groups is 1. The minimum absolute atomic E-state index is 0.0433. The molecule has 9 heteroatoms. The number of hydrogen-bond donors (Lipinski definition) is 3. The van der Waals surface area contributed by atoms with E-state index in [2.05, 4.69) is 15.4 Å². The molecule has 0 spiro atoms. The smallest absolute Gasteiger partial charge is 0.257 e. The zero-order chi connectivity index (χ0) is 25.0. The molecule has 4 rings (SSSR count). The minimum Gasteiger partial charge on any atom is -0.323 e. The van der Waals surface area contributed by atoms with Crippen LogP contribution in [0, 0.1) is 6.92 Å². The molecule has 0 bridgehead atoms. The number of primary sulfonamides is 1. The monoisotopic (exact) mass is 485 g/mol. The van der Waals surface area contributed by atoms with Crippen molar-refractivity contribution < 1.29 is 13.2 Å². The zero-order valence-corrected chi connectivity index (χ0v) is 19.7. The molecule has 0 aliphatic carbocycles. The van der Waals surface area contributed by atoms with Crippen molar-refractivity contribution in [1.82, 2.24) is 4.98 Å². The molecule has 1 aromatic heterocycles. The molecule has 4 aromatic rings. The van der Waals surface area contributed by atoms with Crippen LogP contribution in [0.2, 0.25) is 0 Å². The van der Waals surface area contributed by atoms with Crippen LogP contribution in [0.25, 0.3) is 22.4 Å². The first-order chi connectivity index (χ1) is 16.8. The molecule has 0 aliphatic rings. The number of sulfonamides is 1. The first-order valence-corrected chi connectivity index (χ1v) is 12.1. The van der Waals surface area contributed by atoms with Crippen LogP contribution in [0.1, 0.15) is 21.5 Å². The van der Waals surface area contributed by atoms with E-state index in [0.29, 0.717) is 28.1 Å². The molecule has 1 amide bonds. The van der Waals surface area contributed by atoms with E-state index in [9.17, 15) is 13.2 Å². The normalized spacial score (nSPS) is 11.5. The van der Waals surface area contributed by atoms with Gasteiger partial charge in [-0.25, -0.2) is 13.6 Å². The van der Waals surface area contributed by atoms with Gasteiger partial charge in [-0.05, 0) is 54.4 Å². The number of nitrogens with one attached hydrogen (secondary N) is 1. The number of pyridine rings is 1. The van der Waals surface area contributed by atoms with E-state index in [4.69, 9.17) is 11.0 Å². The second-order valence-electron chi connectivity index (χ2n) is 7.88.